The van der Waals surface area contributed by atoms with E-state index in [-0.39, 0.29) is 59.4 Å². The predicted octanol–water partition coefficient (Wildman–Crippen LogP) is 2.21. The Kier molecular flexibility index (Phi) is 9.16. The second-order valence-electron chi connectivity index (χ2n) is 7.88. The van der Waals surface area contributed by atoms with Gasteiger partial charge in [0, 0.05) is 5.56 Å². The molecule has 16 heteroatoms. The highest BCUT2D eigenvalue weighted by Gasteiger charge is 2.20. The zero-order valence-electron chi connectivity index (χ0n) is 20.3. The fourth-order valence-corrected chi connectivity index (χ4v) is 4.90. The molecule has 39 heavy (non-hydrogen) atoms. The van der Waals surface area contributed by atoms with E-state index < -0.39 is 36.5 Å². The van der Waals surface area contributed by atoms with Crippen LogP contribution in [-0.2, 0) is 31.4 Å². The second-order valence-corrected chi connectivity index (χ2v) is 11.0. The Bertz CT molecular complexity index is 1710. The van der Waals surface area contributed by atoms with Crippen molar-refractivity contribution in [3.8, 4) is 11.9 Å². The highest BCUT2D eigenvalue weighted by Crippen LogP contribution is 2.32. The number of aromatic hydroxyl groups is 1. The van der Waals surface area contributed by atoms with E-state index in [1.54, 1.807) is 6.07 Å². The molecule has 2 aromatic carbocycles. The Morgan fingerprint density at radius 1 is 1.05 bits per heavy atom. The van der Waals surface area contributed by atoms with E-state index in [1.165, 1.54) is 43.3 Å². The first-order valence-electron chi connectivity index (χ1n) is 11.1. The fourth-order valence-electron chi connectivity index (χ4n) is 3.32. The Balaban J connectivity index is 1.86. The van der Waals surface area contributed by atoms with Crippen molar-refractivity contribution in [2.45, 2.75) is 23.3 Å². The Labute approximate surface area is 223 Å². The van der Waals surface area contributed by atoms with Gasteiger partial charge in [-0.2, -0.15) is 18.8 Å². The van der Waals surface area contributed by atoms with Gasteiger partial charge in [0.2, 0.25) is 5.88 Å². The van der Waals surface area contributed by atoms with Crippen LogP contribution in [0.5, 0.6) is 5.88 Å². The molecule has 4 N–H and O–H groups in total. The summed E-state index contributed by atoms with van der Waals surface area (Å²) in [6, 6.07) is 11.4. The lowest BCUT2D eigenvalue weighted by Crippen LogP contribution is -2.26. The molecule has 3 rings (SSSR count). The van der Waals surface area contributed by atoms with Crippen molar-refractivity contribution < 1.29 is 36.3 Å². The number of nitriles is 1. The summed E-state index contributed by atoms with van der Waals surface area (Å²) in [5.41, 5.74) is -0.983. The summed E-state index contributed by atoms with van der Waals surface area (Å²) in [7, 11) is -8.68. The van der Waals surface area contributed by atoms with Crippen molar-refractivity contribution in [2.75, 3.05) is 24.5 Å². The van der Waals surface area contributed by atoms with Crippen LogP contribution in [0.2, 0.25) is 0 Å². The zero-order valence-corrected chi connectivity index (χ0v) is 22.0. The fraction of sp³-hybridized carbons (Fsp3) is 0.217. The molecule has 3 aromatic rings. The predicted molar refractivity (Wildman–Crippen MR) is 137 cm³/mol. The molecule has 0 atom stereocenters. The highest BCUT2D eigenvalue weighted by atomic mass is 32.2. The molecule has 1 aromatic heterocycles. The minimum absolute atomic E-state index is 0.0250. The maximum atomic E-state index is 12.7. The third-order valence-electron chi connectivity index (χ3n) is 5.26. The van der Waals surface area contributed by atoms with Crippen LogP contribution in [-0.4, -0.2) is 56.0 Å². The van der Waals surface area contributed by atoms with Gasteiger partial charge in [-0.15, -0.1) is 5.11 Å². The average molecular weight is 578 g/mol. The van der Waals surface area contributed by atoms with E-state index in [0.717, 1.165) is 16.7 Å². The van der Waals surface area contributed by atoms with Crippen LogP contribution in [0.15, 0.2) is 73.3 Å². The van der Waals surface area contributed by atoms with Crippen molar-refractivity contribution in [2.24, 2.45) is 10.2 Å². The van der Waals surface area contributed by atoms with Crippen molar-refractivity contribution in [3.63, 3.8) is 0 Å². The SMILES string of the molecule is Cc1c(/N=N/c2ccc(S(=O)(=O)Nc3cccc(S(=O)(=O)O)c3)cc2)c(O)n(CCOCCO)c(=O)c1C#N. The number of benzene rings is 2. The molecule has 0 aliphatic rings. The van der Waals surface area contributed by atoms with Crippen LogP contribution in [0.25, 0.3) is 0 Å². The molecular weight excluding hydrogens is 554 g/mol. The number of rotatable bonds is 11. The molecule has 0 aliphatic carbocycles. The number of hydrogen-bond acceptors (Lipinski definition) is 11. The highest BCUT2D eigenvalue weighted by molar-refractivity contribution is 7.92. The number of azo groups is 1. The molecule has 14 nitrogen and oxygen atoms in total. The van der Waals surface area contributed by atoms with Crippen molar-refractivity contribution in [1.82, 2.24) is 4.57 Å². The minimum Gasteiger partial charge on any atom is -0.493 e. The lowest BCUT2D eigenvalue weighted by Gasteiger charge is -2.13. The van der Waals surface area contributed by atoms with E-state index in [0.29, 0.717) is 0 Å². The number of aromatic nitrogens is 1. The Morgan fingerprint density at radius 2 is 1.74 bits per heavy atom. The first kappa shape index (κ1) is 29.4. The number of aliphatic hydroxyl groups excluding tert-OH is 1. The molecule has 0 unspecified atom stereocenters. The molecule has 0 amide bonds. The number of aliphatic hydroxyl groups is 1. The smallest absolute Gasteiger partial charge is 0.294 e. The summed E-state index contributed by atoms with van der Waals surface area (Å²) in [6.07, 6.45) is 0. The third-order valence-corrected chi connectivity index (χ3v) is 7.51. The average Bonchev–Trinajstić information content (AvgIpc) is 2.88. The van der Waals surface area contributed by atoms with Crippen molar-refractivity contribution in [1.29, 1.82) is 5.26 Å². The van der Waals surface area contributed by atoms with Gasteiger partial charge in [-0.05, 0) is 49.4 Å². The lowest BCUT2D eigenvalue weighted by atomic mass is 10.1. The van der Waals surface area contributed by atoms with Crippen LogP contribution < -0.4 is 10.3 Å². The molecule has 0 aliphatic heterocycles. The largest absolute Gasteiger partial charge is 0.493 e. The number of pyridine rings is 1. The van der Waals surface area contributed by atoms with E-state index in [4.69, 9.17) is 14.4 Å². The van der Waals surface area contributed by atoms with E-state index in [9.17, 15) is 32.0 Å². The number of nitrogens with one attached hydrogen (secondary N) is 1. The topological polar surface area (TPSA) is 221 Å². The van der Waals surface area contributed by atoms with Crippen LogP contribution >= 0.6 is 0 Å². The van der Waals surface area contributed by atoms with Gasteiger partial charge in [0.05, 0.1) is 47.5 Å². The summed E-state index contributed by atoms with van der Waals surface area (Å²) in [4.78, 5) is 11.9. The number of sulfonamides is 1. The van der Waals surface area contributed by atoms with Crippen LogP contribution in [0.4, 0.5) is 17.1 Å². The van der Waals surface area contributed by atoms with Gasteiger partial charge in [-0.1, -0.05) is 6.07 Å². The molecule has 0 radical (unpaired) electrons. The van der Waals surface area contributed by atoms with E-state index in [2.05, 4.69) is 15.0 Å². The molecule has 0 saturated heterocycles. The molecule has 0 fully saturated rings. The molecule has 0 spiro atoms. The van der Waals surface area contributed by atoms with Crippen molar-refractivity contribution in [3.05, 3.63) is 70.0 Å². The lowest BCUT2D eigenvalue weighted by molar-refractivity contribution is 0.0854. The minimum atomic E-state index is -4.53. The summed E-state index contributed by atoms with van der Waals surface area (Å²) >= 11 is 0. The normalized spacial score (nSPS) is 11.9. The van der Waals surface area contributed by atoms with E-state index in [1.807, 2.05) is 0 Å². The maximum absolute atomic E-state index is 12.7. The Hall–Kier alpha value is -4.14. The third kappa shape index (κ3) is 7.04. The van der Waals surface area contributed by atoms with Gasteiger partial charge in [-0.25, -0.2) is 8.42 Å². The summed E-state index contributed by atoms with van der Waals surface area (Å²) in [5.74, 6) is -0.552. The zero-order chi connectivity index (χ0) is 28.8. The van der Waals surface area contributed by atoms with Gasteiger partial charge in [0.25, 0.3) is 25.7 Å². The van der Waals surface area contributed by atoms with Crippen LogP contribution in [0, 0.1) is 18.3 Å². The first-order valence-corrected chi connectivity index (χ1v) is 14.0. The number of ether oxygens (including phenoxy) is 1. The maximum Gasteiger partial charge on any atom is 0.294 e. The van der Waals surface area contributed by atoms with Gasteiger partial charge in [-0.3, -0.25) is 18.6 Å². The van der Waals surface area contributed by atoms with Crippen LogP contribution in [0.1, 0.15) is 11.1 Å². The Morgan fingerprint density at radius 3 is 2.36 bits per heavy atom. The molecule has 0 bridgehead atoms. The number of nitrogens with zero attached hydrogens (tertiary/aromatic N) is 4. The standard InChI is InChI=1S/C23H23N5O9S2/c1-15-20(14-24)22(30)28(9-11-37-12-10-29)23(31)21(15)26-25-16-5-7-18(8-6-16)38(32,33)27-17-3-2-4-19(13-17)39(34,35)36/h2-8,13,27,29,31H,9-12H2,1H3,(H,34,35,36)/b26-25+. The molecule has 0 saturated carbocycles. The number of anilines is 1. The molecule has 1 heterocycles. The molecule has 206 valence electrons. The van der Waals surface area contributed by atoms with Crippen molar-refractivity contribution >= 4 is 37.2 Å². The first-order chi connectivity index (χ1) is 18.4. The van der Waals surface area contributed by atoms with Gasteiger partial charge < -0.3 is 14.9 Å². The summed E-state index contributed by atoms with van der Waals surface area (Å²) in [5, 5.41) is 36.8. The summed E-state index contributed by atoms with van der Waals surface area (Å²) in [6.45, 7) is 1.07. The number of hydrogen-bond donors (Lipinski definition) is 4. The van der Waals surface area contributed by atoms with Crippen LogP contribution in [0.3, 0.4) is 0 Å². The van der Waals surface area contributed by atoms with E-state index >= 15 is 0 Å². The van der Waals surface area contributed by atoms with Gasteiger partial charge in [0.15, 0.2) is 5.69 Å². The van der Waals surface area contributed by atoms with Gasteiger partial charge >= 0.3 is 0 Å². The second kappa shape index (κ2) is 12.1. The van der Waals surface area contributed by atoms with Gasteiger partial charge in [0.1, 0.15) is 11.6 Å². The molecular formula is C23H23N5O9S2. The quantitative estimate of drug-likeness (QED) is 0.148. The monoisotopic (exact) mass is 577 g/mol. The summed E-state index contributed by atoms with van der Waals surface area (Å²) < 4.78 is 65.4.